The van der Waals surface area contributed by atoms with E-state index in [9.17, 15) is 0 Å². The second-order valence-corrected chi connectivity index (χ2v) is 4.85. The number of aromatic nitrogens is 3. The van der Waals surface area contributed by atoms with E-state index in [1.807, 2.05) is 36.7 Å². The molecule has 3 aromatic heterocycles. The van der Waals surface area contributed by atoms with Crippen LogP contribution in [0.15, 0.2) is 35.8 Å². The number of hydrogen-bond donors (Lipinski definition) is 2. The fraction of sp³-hybridized carbons (Fsp3) is 0.154. The molecular formula is C13H13N5S. The average Bonchev–Trinajstić information content (AvgIpc) is 2.94. The Bertz CT molecular complexity index is 680. The molecule has 0 saturated heterocycles. The van der Waals surface area contributed by atoms with E-state index in [0.717, 1.165) is 21.7 Å². The summed E-state index contributed by atoms with van der Waals surface area (Å²) in [5, 5.41) is 9.35. The molecule has 96 valence electrons. The molecule has 5 nitrogen and oxygen atoms in total. The summed E-state index contributed by atoms with van der Waals surface area (Å²) in [6.45, 7) is 0.645. The monoisotopic (exact) mass is 271 g/mol. The van der Waals surface area contributed by atoms with E-state index in [4.69, 9.17) is 0 Å². The van der Waals surface area contributed by atoms with Crippen LogP contribution in [-0.2, 0) is 6.54 Å². The molecule has 3 heterocycles. The lowest BCUT2D eigenvalue weighted by Gasteiger charge is -2.08. The minimum absolute atomic E-state index is 0.624. The zero-order chi connectivity index (χ0) is 13.1. The van der Waals surface area contributed by atoms with Crippen LogP contribution in [0.4, 0.5) is 11.8 Å². The normalized spacial score (nSPS) is 10.6. The van der Waals surface area contributed by atoms with Crippen LogP contribution in [0.1, 0.15) is 5.69 Å². The summed E-state index contributed by atoms with van der Waals surface area (Å²) in [5.74, 6) is 1.46. The minimum atomic E-state index is 0.624. The summed E-state index contributed by atoms with van der Waals surface area (Å²) in [6.07, 6.45) is 1.79. The van der Waals surface area contributed by atoms with Crippen molar-refractivity contribution < 1.29 is 0 Å². The number of fused-ring (bicyclic) bond motifs is 1. The van der Waals surface area contributed by atoms with Crippen LogP contribution >= 0.6 is 11.3 Å². The van der Waals surface area contributed by atoms with Gasteiger partial charge in [-0.25, -0.2) is 4.98 Å². The molecule has 19 heavy (non-hydrogen) atoms. The Labute approximate surface area is 114 Å². The van der Waals surface area contributed by atoms with Gasteiger partial charge in [0.25, 0.3) is 0 Å². The molecule has 3 rings (SSSR count). The first kappa shape index (κ1) is 11.9. The van der Waals surface area contributed by atoms with Crippen molar-refractivity contribution in [2.45, 2.75) is 6.54 Å². The van der Waals surface area contributed by atoms with Crippen molar-refractivity contribution in [3.63, 3.8) is 0 Å². The number of nitrogens with one attached hydrogen (secondary N) is 2. The molecule has 6 heteroatoms. The van der Waals surface area contributed by atoms with Crippen molar-refractivity contribution in [1.29, 1.82) is 0 Å². The number of nitrogens with zero attached hydrogens (tertiary/aromatic N) is 3. The molecule has 0 aliphatic carbocycles. The summed E-state index contributed by atoms with van der Waals surface area (Å²) in [5.41, 5.74) is 0.982. The molecule has 0 spiro atoms. The van der Waals surface area contributed by atoms with E-state index in [1.165, 1.54) is 0 Å². The second kappa shape index (κ2) is 5.19. The fourth-order valence-corrected chi connectivity index (χ4v) is 2.54. The Morgan fingerprint density at radius 3 is 2.95 bits per heavy atom. The van der Waals surface area contributed by atoms with E-state index >= 15 is 0 Å². The summed E-state index contributed by atoms with van der Waals surface area (Å²) >= 11 is 1.61. The molecule has 0 radical (unpaired) electrons. The molecule has 0 aromatic carbocycles. The predicted octanol–water partition coefficient (Wildman–Crippen LogP) is 2.74. The quantitative estimate of drug-likeness (QED) is 0.764. The second-order valence-electron chi connectivity index (χ2n) is 3.96. The van der Waals surface area contributed by atoms with Crippen LogP contribution in [-0.4, -0.2) is 22.0 Å². The maximum atomic E-state index is 4.45. The van der Waals surface area contributed by atoms with Crippen molar-refractivity contribution >= 4 is 33.3 Å². The number of pyridine rings is 1. The predicted molar refractivity (Wildman–Crippen MR) is 78.5 cm³/mol. The van der Waals surface area contributed by atoms with Gasteiger partial charge in [0.05, 0.1) is 17.6 Å². The van der Waals surface area contributed by atoms with Gasteiger partial charge < -0.3 is 10.6 Å². The number of thiophene rings is 1. The topological polar surface area (TPSA) is 62.7 Å². The van der Waals surface area contributed by atoms with Gasteiger partial charge in [0, 0.05) is 13.2 Å². The first-order valence-electron chi connectivity index (χ1n) is 5.93. The van der Waals surface area contributed by atoms with E-state index in [1.54, 1.807) is 17.5 Å². The van der Waals surface area contributed by atoms with Gasteiger partial charge in [0.1, 0.15) is 10.6 Å². The Balaban J connectivity index is 1.89. The zero-order valence-corrected chi connectivity index (χ0v) is 11.2. The van der Waals surface area contributed by atoms with Gasteiger partial charge in [-0.3, -0.25) is 4.98 Å². The van der Waals surface area contributed by atoms with E-state index in [0.29, 0.717) is 12.5 Å². The van der Waals surface area contributed by atoms with Crippen molar-refractivity contribution in [2.24, 2.45) is 0 Å². The van der Waals surface area contributed by atoms with Gasteiger partial charge in [-0.05, 0) is 23.6 Å². The summed E-state index contributed by atoms with van der Waals surface area (Å²) in [4.78, 5) is 14.1. The van der Waals surface area contributed by atoms with Crippen molar-refractivity contribution in [3.8, 4) is 0 Å². The molecule has 0 amide bonds. The summed E-state index contributed by atoms with van der Waals surface area (Å²) < 4.78 is 0. The third-order valence-corrected chi connectivity index (χ3v) is 3.52. The smallest absolute Gasteiger partial charge is 0.225 e. The molecule has 0 aliphatic rings. The lowest BCUT2D eigenvalue weighted by molar-refractivity contribution is 1.03. The van der Waals surface area contributed by atoms with Crippen LogP contribution in [0.5, 0.6) is 0 Å². The number of anilines is 2. The number of rotatable bonds is 4. The third-order valence-electron chi connectivity index (χ3n) is 2.71. The Kier molecular flexibility index (Phi) is 3.24. The molecular weight excluding hydrogens is 258 g/mol. The van der Waals surface area contributed by atoms with Crippen molar-refractivity contribution in [3.05, 3.63) is 41.5 Å². The highest BCUT2D eigenvalue weighted by atomic mass is 32.1. The first-order valence-corrected chi connectivity index (χ1v) is 6.81. The van der Waals surface area contributed by atoms with Crippen LogP contribution in [0.3, 0.4) is 0 Å². The van der Waals surface area contributed by atoms with Gasteiger partial charge in [0.2, 0.25) is 5.95 Å². The van der Waals surface area contributed by atoms with Gasteiger partial charge in [0.15, 0.2) is 0 Å². The lowest BCUT2D eigenvalue weighted by Crippen LogP contribution is -2.05. The first-order chi connectivity index (χ1) is 9.36. The third kappa shape index (κ3) is 2.48. The average molecular weight is 271 g/mol. The summed E-state index contributed by atoms with van der Waals surface area (Å²) in [6, 6.07) is 7.89. The molecule has 0 atom stereocenters. The lowest BCUT2D eigenvalue weighted by atomic mass is 10.3. The molecule has 0 unspecified atom stereocenters. The number of hydrogen-bond acceptors (Lipinski definition) is 6. The van der Waals surface area contributed by atoms with Gasteiger partial charge in [-0.1, -0.05) is 6.07 Å². The SMILES string of the molecule is CNc1nc(NCc2ccccn2)c2ccsc2n1. The molecule has 0 bridgehead atoms. The summed E-state index contributed by atoms with van der Waals surface area (Å²) in [7, 11) is 1.82. The maximum Gasteiger partial charge on any atom is 0.225 e. The standard InChI is InChI=1S/C13H13N5S/c1-14-13-17-11(10-5-7-19-12(10)18-13)16-8-9-4-2-3-6-15-9/h2-7H,8H2,1H3,(H2,14,16,17,18). The van der Waals surface area contributed by atoms with Crippen molar-refractivity contribution in [1.82, 2.24) is 15.0 Å². The minimum Gasteiger partial charge on any atom is -0.364 e. The molecule has 0 fully saturated rings. The molecule has 0 saturated carbocycles. The van der Waals surface area contributed by atoms with Crippen LogP contribution in [0, 0.1) is 0 Å². The fourth-order valence-electron chi connectivity index (χ4n) is 1.78. The van der Waals surface area contributed by atoms with E-state index in [-0.39, 0.29) is 0 Å². The largest absolute Gasteiger partial charge is 0.364 e. The molecule has 0 aliphatic heterocycles. The van der Waals surface area contributed by atoms with E-state index in [2.05, 4.69) is 25.6 Å². The highest BCUT2D eigenvalue weighted by molar-refractivity contribution is 7.16. The van der Waals surface area contributed by atoms with E-state index < -0.39 is 0 Å². The molecule has 2 N–H and O–H groups in total. The Morgan fingerprint density at radius 2 is 2.16 bits per heavy atom. The zero-order valence-electron chi connectivity index (χ0n) is 10.4. The van der Waals surface area contributed by atoms with Crippen LogP contribution < -0.4 is 10.6 Å². The maximum absolute atomic E-state index is 4.45. The highest BCUT2D eigenvalue weighted by Crippen LogP contribution is 2.26. The Morgan fingerprint density at radius 1 is 1.21 bits per heavy atom. The van der Waals surface area contributed by atoms with Crippen molar-refractivity contribution in [2.75, 3.05) is 17.7 Å². The molecule has 3 aromatic rings. The van der Waals surface area contributed by atoms with Gasteiger partial charge in [-0.15, -0.1) is 11.3 Å². The van der Waals surface area contributed by atoms with Gasteiger partial charge >= 0.3 is 0 Å². The highest BCUT2D eigenvalue weighted by Gasteiger charge is 2.07. The Hall–Kier alpha value is -2.21. The van der Waals surface area contributed by atoms with Crippen LogP contribution in [0.25, 0.3) is 10.2 Å². The van der Waals surface area contributed by atoms with Crippen LogP contribution in [0.2, 0.25) is 0 Å². The van der Waals surface area contributed by atoms with Gasteiger partial charge in [-0.2, -0.15) is 4.98 Å².